The minimum atomic E-state index is -0.700. The number of carbonyl (C=O) groups excluding carboxylic acids is 3. The van der Waals surface area contributed by atoms with Crippen molar-refractivity contribution in [1.82, 2.24) is 15.5 Å². The lowest BCUT2D eigenvalue weighted by molar-refractivity contribution is -0.149. The second kappa shape index (κ2) is 11.4. The summed E-state index contributed by atoms with van der Waals surface area (Å²) in [7, 11) is 0. The molecular formula is C27H34N4O4. The van der Waals surface area contributed by atoms with Crippen LogP contribution in [0.1, 0.15) is 49.3 Å². The molecule has 0 aromatic heterocycles. The van der Waals surface area contributed by atoms with E-state index in [9.17, 15) is 19.5 Å². The lowest BCUT2D eigenvalue weighted by Crippen LogP contribution is -2.62. The number of nitrogens with zero attached hydrogens (tertiary/aromatic N) is 1. The maximum Gasteiger partial charge on any atom is 0.246 e. The molecule has 0 spiro atoms. The van der Waals surface area contributed by atoms with Gasteiger partial charge >= 0.3 is 0 Å². The highest BCUT2D eigenvalue weighted by Gasteiger charge is 2.54. The van der Waals surface area contributed by atoms with Crippen molar-refractivity contribution in [2.45, 2.75) is 56.7 Å². The number of phenolic OH excluding ortho intramolecular Hbond substituents is 1. The van der Waals surface area contributed by atoms with Crippen LogP contribution in [0.2, 0.25) is 0 Å². The van der Waals surface area contributed by atoms with E-state index in [0.717, 1.165) is 36.8 Å². The number of benzene rings is 2. The zero-order valence-corrected chi connectivity index (χ0v) is 19.9. The molecule has 2 saturated heterocycles. The maximum absolute atomic E-state index is 13.7. The lowest BCUT2D eigenvalue weighted by atomic mass is 9.92. The second-order valence-corrected chi connectivity index (χ2v) is 9.38. The van der Waals surface area contributed by atoms with Gasteiger partial charge in [-0.1, -0.05) is 55.3 Å². The molecule has 0 radical (unpaired) electrons. The Kier molecular flexibility index (Phi) is 8.02. The Balaban J connectivity index is 1.54. The lowest BCUT2D eigenvalue weighted by Gasteiger charge is -2.38. The maximum atomic E-state index is 13.7. The van der Waals surface area contributed by atoms with E-state index in [-0.39, 0.29) is 29.9 Å². The topological polar surface area (TPSA) is 125 Å². The van der Waals surface area contributed by atoms with Gasteiger partial charge in [0, 0.05) is 13.0 Å². The predicted octanol–water partition coefficient (Wildman–Crippen LogP) is 2.03. The molecule has 2 aromatic carbocycles. The minimum absolute atomic E-state index is 0.103. The van der Waals surface area contributed by atoms with Crippen molar-refractivity contribution in [3.8, 4) is 5.75 Å². The Labute approximate surface area is 205 Å². The van der Waals surface area contributed by atoms with E-state index in [1.165, 1.54) is 0 Å². The number of carbonyl (C=O) groups is 3. The zero-order chi connectivity index (χ0) is 24.8. The van der Waals surface area contributed by atoms with Gasteiger partial charge in [0.05, 0.1) is 12.0 Å². The van der Waals surface area contributed by atoms with Crippen LogP contribution in [-0.2, 0) is 20.8 Å². The van der Waals surface area contributed by atoms with Gasteiger partial charge in [0.15, 0.2) is 0 Å². The molecule has 0 bridgehead atoms. The highest BCUT2D eigenvalue weighted by atomic mass is 16.3. The van der Waals surface area contributed by atoms with Crippen LogP contribution in [0.5, 0.6) is 5.75 Å². The molecule has 0 unspecified atom stereocenters. The third-order valence-corrected chi connectivity index (χ3v) is 6.95. The van der Waals surface area contributed by atoms with E-state index in [1.807, 2.05) is 30.3 Å². The molecule has 5 N–H and O–H groups in total. The highest BCUT2D eigenvalue weighted by Crippen LogP contribution is 2.43. The molecule has 4 atom stereocenters. The smallest absolute Gasteiger partial charge is 0.246 e. The van der Waals surface area contributed by atoms with Crippen molar-refractivity contribution in [3.05, 3.63) is 65.7 Å². The molecule has 186 valence electrons. The molecule has 0 aliphatic carbocycles. The van der Waals surface area contributed by atoms with Gasteiger partial charge in [-0.25, -0.2) is 0 Å². The number of piperazine rings is 1. The summed E-state index contributed by atoms with van der Waals surface area (Å²) in [6.07, 6.45) is 4.49. The van der Waals surface area contributed by atoms with Crippen LogP contribution < -0.4 is 16.4 Å². The summed E-state index contributed by atoms with van der Waals surface area (Å²) in [5.41, 5.74) is 7.22. The van der Waals surface area contributed by atoms with Crippen LogP contribution in [0.3, 0.4) is 0 Å². The Hall–Kier alpha value is -3.39. The fourth-order valence-electron chi connectivity index (χ4n) is 5.17. The monoisotopic (exact) mass is 478 g/mol. The van der Waals surface area contributed by atoms with Gasteiger partial charge in [-0.05, 0) is 49.1 Å². The number of fused-ring (bicyclic) bond motifs is 1. The molecule has 35 heavy (non-hydrogen) atoms. The Bertz CT molecular complexity index is 1030. The van der Waals surface area contributed by atoms with Gasteiger partial charge < -0.3 is 26.4 Å². The Morgan fingerprint density at radius 3 is 2.46 bits per heavy atom. The van der Waals surface area contributed by atoms with Crippen LogP contribution in [-0.4, -0.2) is 52.9 Å². The van der Waals surface area contributed by atoms with Gasteiger partial charge in [-0.2, -0.15) is 0 Å². The Morgan fingerprint density at radius 1 is 1.03 bits per heavy atom. The van der Waals surface area contributed by atoms with E-state index < -0.39 is 24.0 Å². The SMILES string of the molecule is NCCCCCCNC(=O)[C@@H]1C[C@@H]2C(=O)N[C@@H](Cc3ccccc3)C(=O)N2[C@@H]1c1ccc(O)cc1. The summed E-state index contributed by atoms with van der Waals surface area (Å²) in [6, 6.07) is 14.1. The molecule has 8 heteroatoms. The summed E-state index contributed by atoms with van der Waals surface area (Å²) in [5, 5.41) is 15.7. The van der Waals surface area contributed by atoms with E-state index in [0.29, 0.717) is 19.5 Å². The van der Waals surface area contributed by atoms with Gasteiger partial charge in [0.2, 0.25) is 17.7 Å². The molecule has 8 nitrogen and oxygen atoms in total. The highest BCUT2D eigenvalue weighted by molar-refractivity contribution is 5.99. The normalized spacial score (nSPS) is 23.6. The minimum Gasteiger partial charge on any atom is -0.508 e. The van der Waals surface area contributed by atoms with Gasteiger partial charge in [-0.3, -0.25) is 14.4 Å². The number of hydrogen-bond acceptors (Lipinski definition) is 5. The first kappa shape index (κ1) is 24.7. The average Bonchev–Trinajstić information content (AvgIpc) is 3.27. The summed E-state index contributed by atoms with van der Waals surface area (Å²) >= 11 is 0. The third-order valence-electron chi connectivity index (χ3n) is 6.95. The van der Waals surface area contributed by atoms with Crippen molar-refractivity contribution in [2.24, 2.45) is 11.7 Å². The van der Waals surface area contributed by atoms with Crippen molar-refractivity contribution in [1.29, 1.82) is 0 Å². The van der Waals surface area contributed by atoms with Crippen molar-refractivity contribution in [2.75, 3.05) is 13.1 Å². The number of hydrogen-bond donors (Lipinski definition) is 4. The van der Waals surface area contributed by atoms with Gasteiger partial charge in [-0.15, -0.1) is 0 Å². The summed E-state index contributed by atoms with van der Waals surface area (Å²) in [4.78, 5) is 41.6. The van der Waals surface area contributed by atoms with Crippen LogP contribution in [0.15, 0.2) is 54.6 Å². The zero-order valence-electron chi connectivity index (χ0n) is 19.9. The van der Waals surface area contributed by atoms with Gasteiger partial charge in [0.1, 0.15) is 17.8 Å². The number of unbranched alkanes of at least 4 members (excludes halogenated alkanes) is 3. The van der Waals surface area contributed by atoms with Crippen molar-refractivity contribution >= 4 is 17.7 Å². The summed E-state index contributed by atoms with van der Waals surface area (Å²) in [5.74, 6) is -1.03. The number of amides is 3. The molecule has 2 aromatic rings. The van der Waals surface area contributed by atoms with Crippen molar-refractivity contribution < 1.29 is 19.5 Å². The average molecular weight is 479 g/mol. The fourth-order valence-corrected chi connectivity index (χ4v) is 5.17. The van der Waals surface area contributed by atoms with Crippen LogP contribution >= 0.6 is 0 Å². The molecule has 2 fully saturated rings. The van der Waals surface area contributed by atoms with Crippen LogP contribution in [0, 0.1) is 5.92 Å². The van der Waals surface area contributed by atoms with E-state index in [2.05, 4.69) is 10.6 Å². The standard InChI is InChI=1S/C27H34N4O4/c28-14-6-1-2-7-15-29-25(33)21-17-23-26(34)30-22(16-18-8-4-3-5-9-18)27(35)31(23)24(21)19-10-12-20(32)13-11-19/h3-5,8-13,21-24,32H,1-2,6-7,14-17,28H2,(H,29,33)(H,30,34)/t21-,22+,23-,24-/m1/s1. The largest absolute Gasteiger partial charge is 0.508 e. The fraction of sp³-hybridized carbons (Fsp3) is 0.444. The number of aromatic hydroxyl groups is 1. The van der Waals surface area contributed by atoms with Gasteiger partial charge in [0.25, 0.3) is 0 Å². The quantitative estimate of drug-likeness (QED) is 0.389. The molecule has 2 aliphatic rings. The van der Waals surface area contributed by atoms with Crippen LogP contribution in [0.25, 0.3) is 0 Å². The summed E-state index contributed by atoms with van der Waals surface area (Å²) in [6.45, 7) is 1.21. The number of phenols is 1. The van der Waals surface area contributed by atoms with Crippen molar-refractivity contribution in [3.63, 3.8) is 0 Å². The van der Waals surface area contributed by atoms with E-state index >= 15 is 0 Å². The van der Waals surface area contributed by atoms with E-state index in [1.54, 1.807) is 29.2 Å². The molecule has 4 rings (SSSR count). The second-order valence-electron chi connectivity index (χ2n) is 9.38. The van der Waals surface area contributed by atoms with Crippen LogP contribution in [0.4, 0.5) is 0 Å². The predicted molar refractivity (Wildman–Crippen MR) is 132 cm³/mol. The molecule has 3 amide bonds. The Morgan fingerprint density at radius 2 is 1.74 bits per heavy atom. The number of nitrogens with one attached hydrogen (secondary N) is 2. The molecule has 0 saturated carbocycles. The first-order chi connectivity index (χ1) is 17.0. The molecule has 2 aliphatic heterocycles. The summed E-state index contributed by atoms with van der Waals surface area (Å²) < 4.78 is 0. The van der Waals surface area contributed by atoms with E-state index in [4.69, 9.17) is 5.73 Å². The first-order valence-corrected chi connectivity index (χ1v) is 12.4. The molecular weight excluding hydrogens is 444 g/mol. The first-order valence-electron chi connectivity index (χ1n) is 12.4. The molecule has 2 heterocycles. The third kappa shape index (κ3) is 5.65. The number of rotatable bonds is 10. The number of nitrogens with two attached hydrogens (primary N) is 1.